The quantitative estimate of drug-likeness (QED) is 0.469. The van der Waals surface area contributed by atoms with E-state index in [1.54, 1.807) is 6.92 Å². The first kappa shape index (κ1) is 13.7. The summed E-state index contributed by atoms with van der Waals surface area (Å²) in [5.41, 5.74) is 0.178. The molecule has 1 aliphatic rings. The van der Waals surface area contributed by atoms with E-state index in [9.17, 15) is 14.5 Å². The van der Waals surface area contributed by atoms with Crippen LogP contribution >= 0.6 is 0 Å². The molecule has 5 nitrogen and oxygen atoms in total. The number of hydrogen-bond acceptors (Lipinski definition) is 4. The van der Waals surface area contributed by atoms with Crippen LogP contribution in [0.5, 0.6) is 5.75 Å². The fraction of sp³-hybridized carbons (Fsp3) is 0.538. The third-order valence-corrected chi connectivity index (χ3v) is 3.04. The second kappa shape index (κ2) is 5.97. The zero-order valence-corrected chi connectivity index (χ0v) is 10.8. The van der Waals surface area contributed by atoms with Crippen LogP contribution in [0.4, 0.5) is 10.1 Å². The van der Waals surface area contributed by atoms with Gasteiger partial charge in [-0.25, -0.2) is 4.39 Å². The summed E-state index contributed by atoms with van der Waals surface area (Å²) >= 11 is 0. The van der Waals surface area contributed by atoms with Gasteiger partial charge in [-0.3, -0.25) is 10.1 Å². The number of nitrogens with zero attached hydrogens (tertiary/aromatic N) is 1. The molecule has 1 fully saturated rings. The van der Waals surface area contributed by atoms with Crippen molar-refractivity contribution in [2.24, 2.45) is 0 Å². The highest BCUT2D eigenvalue weighted by Gasteiger charge is 2.19. The Morgan fingerprint density at radius 1 is 1.53 bits per heavy atom. The first-order valence-corrected chi connectivity index (χ1v) is 6.38. The maximum Gasteiger partial charge on any atom is 0.275 e. The van der Waals surface area contributed by atoms with Crippen molar-refractivity contribution in [3.63, 3.8) is 0 Å². The molecule has 0 aromatic heterocycles. The highest BCUT2D eigenvalue weighted by atomic mass is 19.1. The first-order chi connectivity index (χ1) is 9.08. The van der Waals surface area contributed by atoms with Crippen molar-refractivity contribution in [2.45, 2.75) is 32.2 Å². The molecule has 6 heteroatoms. The summed E-state index contributed by atoms with van der Waals surface area (Å²) in [6.07, 6.45) is 3.25. The molecule has 0 unspecified atom stereocenters. The fourth-order valence-electron chi connectivity index (χ4n) is 1.80. The number of aryl methyl sites for hydroxylation is 1. The Morgan fingerprint density at radius 2 is 2.26 bits per heavy atom. The number of nitrogens with one attached hydrogen (secondary N) is 1. The third kappa shape index (κ3) is 3.89. The highest BCUT2D eigenvalue weighted by Crippen LogP contribution is 2.27. The van der Waals surface area contributed by atoms with Crippen LogP contribution in [0.1, 0.15) is 24.8 Å². The number of rotatable bonds is 7. The van der Waals surface area contributed by atoms with E-state index in [1.807, 2.05) is 0 Å². The summed E-state index contributed by atoms with van der Waals surface area (Å²) < 4.78 is 18.9. The Morgan fingerprint density at radius 3 is 2.89 bits per heavy atom. The molecule has 0 saturated heterocycles. The van der Waals surface area contributed by atoms with Crippen LogP contribution in [0.25, 0.3) is 0 Å². The number of ether oxygens (including phenoxy) is 1. The van der Waals surface area contributed by atoms with Gasteiger partial charge in [0.1, 0.15) is 0 Å². The summed E-state index contributed by atoms with van der Waals surface area (Å²) in [6, 6.07) is 2.94. The Labute approximate surface area is 110 Å². The standard InChI is InChI=1S/C13H17FN2O3/c1-9-7-13(11(14)8-12(9)16(17)18)19-6-2-5-15-10-3-4-10/h7-8,10,15H,2-6H2,1H3. The van der Waals surface area contributed by atoms with Crippen LogP contribution in [0.2, 0.25) is 0 Å². The number of hydrogen-bond donors (Lipinski definition) is 1. The van der Waals surface area contributed by atoms with Crippen molar-refractivity contribution in [3.05, 3.63) is 33.6 Å². The van der Waals surface area contributed by atoms with Gasteiger partial charge >= 0.3 is 0 Å². The van der Waals surface area contributed by atoms with Gasteiger partial charge in [0.15, 0.2) is 11.6 Å². The summed E-state index contributed by atoms with van der Waals surface area (Å²) in [5, 5.41) is 14.0. The maximum absolute atomic E-state index is 13.6. The number of benzene rings is 1. The van der Waals surface area contributed by atoms with Crippen molar-refractivity contribution >= 4 is 5.69 Å². The van der Waals surface area contributed by atoms with E-state index in [2.05, 4.69) is 5.32 Å². The zero-order valence-electron chi connectivity index (χ0n) is 10.8. The molecular weight excluding hydrogens is 251 g/mol. The van der Waals surface area contributed by atoms with Crippen molar-refractivity contribution in [1.29, 1.82) is 0 Å². The lowest BCUT2D eigenvalue weighted by Gasteiger charge is -2.08. The largest absolute Gasteiger partial charge is 0.490 e. The molecule has 0 heterocycles. The van der Waals surface area contributed by atoms with Crippen LogP contribution in [-0.2, 0) is 0 Å². The van der Waals surface area contributed by atoms with Crippen LogP contribution in [-0.4, -0.2) is 24.1 Å². The molecule has 1 aromatic carbocycles. The second-order valence-corrected chi connectivity index (χ2v) is 4.76. The van der Waals surface area contributed by atoms with Gasteiger partial charge < -0.3 is 10.1 Å². The highest BCUT2D eigenvalue weighted by molar-refractivity contribution is 5.45. The summed E-state index contributed by atoms with van der Waals surface area (Å²) in [7, 11) is 0. The van der Waals surface area contributed by atoms with Gasteiger partial charge in [-0.1, -0.05) is 0 Å². The van der Waals surface area contributed by atoms with E-state index in [-0.39, 0.29) is 11.4 Å². The SMILES string of the molecule is Cc1cc(OCCCNC2CC2)c(F)cc1[N+](=O)[O-]. The summed E-state index contributed by atoms with van der Waals surface area (Å²) in [5.74, 6) is -0.609. The average Bonchev–Trinajstić information content (AvgIpc) is 3.16. The van der Waals surface area contributed by atoms with E-state index in [0.29, 0.717) is 18.2 Å². The Kier molecular flexibility index (Phi) is 4.31. The predicted octanol–water partition coefficient (Wildman–Crippen LogP) is 2.56. The maximum atomic E-state index is 13.6. The molecule has 0 amide bonds. The minimum atomic E-state index is -0.688. The minimum Gasteiger partial charge on any atom is -0.490 e. The number of nitro benzene ring substituents is 1. The smallest absolute Gasteiger partial charge is 0.275 e. The first-order valence-electron chi connectivity index (χ1n) is 6.38. The molecule has 1 aromatic rings. The van der Waals surface area contributed by atoms with Crippen LogP contribution < -0.4 is 10.1 Å². The van der Waals surface area contributed by atoms with Gasteiger partial charge in [0, 0.05) is 11.6 Å². The topological polar surface area (TPSA) is 64.4 Å². The van der Waals surface area contributed by atoms with Gasteiger partial charge in [0.2, 0.25) is 0 Å². The van der Waals surface area contributed by atoms with Crippen molar-refractivity contribution in [3.8, 4) is 5.75 Å². The van der Waals surface area contributed by atoms with Gasteiger partial charge in [-0.2, -0.15) is 0 Å². The van der Waals surface area contributed by atoms with E-state index in [0.717, 1.165) is 19.0 Å². The molecule has 1 aliphatic carbocycles. The monoisotopic (exact) mass is 268 g/mol. The summed E-state index contributed by atoms with van der Waals surface area (Å²) in [6.45, 7) is 2.81. The molecular formula is C13H17FN2O3. The van der Waals surface area contributed by atoms with Crippen LogP contribution in [0.15, 0.2) is 12.1 Å². The predicted molar refractivity (Wildman–Crippen MR) is 68.9 cm³/mol. The second-order valence-electron chi connectivity index (χ2n) is 4.76. The molecule has 0 aliphatic heterocycles. The lowest BCUT2D eigenvalue weighted by atomic mass is 10.2. The molecule has 0 spiro atoms. The molecule has 1 N–H and O–H groups in total. The van der Waals surface area contributed by atoms with Crippen LogP contribution in [0.3, 0.4) is 0 Å². The third-order valence-electron chi connectivity index (χ3n) is 3.04. The number of halogens is 1. The van der Waals surface area contributed by atoms with E-state index >= 15 is 0 Å². The Bertz CT molecular complexity index is 475. The lowest BCUT2D eigenvalue weighted by molar-refractivity contribution is -0.385. The molecule has 19 heavy (non-hydrogen) atoms. The van der Waals surface area contributed by atoms with Crippen molar-refractivity contribution < 1.29 is 14.1 Å². The molecule has 1 saturated carbocycles. The zero-order chi connectivity index (χ0) is 13.8. The number of nitro groups is 1. The van der Waals surface area contributed by atoms with Crippen LogP contribution in [0, 0.1) is 22.9 Å². The normalized spacial score (nSPS) is 14.4. The molecule has 0 atom stereocenters. The lowest BCUT2D eigenvalue weighted by Crippen LogP contribution is -2.19. The van der Waals surface area contributed by atoms with Crippen molar-refractivity contribution in [2.75, 3.05) is 13.2 Å². The van der Waals surface area contributed by atoms with Gasteiger partial charge in [0.25, 0.3) is 5.69 Å². The minimum absolute atomic E-state index is 0.0783. The van der Waals surface area contributed by atoms with E-state index in [4.69, 9.17) is 4.74 Å². The van der Waals surface area contributed by atoms with Gasteiger partial charge in [0.05, 0.1) is 17.6 Å². The summed E-state index contributed by atoms with van der Waals surface area (Å²) in [4.78, 5) is 10.0. The van der Waals surface area contributed by atoms with Crippen molar-refractivity contribution in [1.82, 2.24) is 5.32 Å². The molecule has 2 rings (SSSR count). The average molecular weight is 268 g/mol. The van der Waals surface area contributed by atoms with Gasteiger partial charge in [-0.05, 0) is 38.8 Å². The van der Waals surface area contributed by atoms with E-state index in [1.165, 1.54) is 18.9 Å². The van der Waals surface area contributed by atoms with Gasteiger partial charge in [-0.15, -0.1) is 0 Å². The molecule has 0 radical (unpaired) electrons. The Balaban J connectivity index is 1.85. The Hall–Kier alpha value is -1.69. The molecule has 0 bridgehead atoms. The van der Waals surface area contributed by atoms with E-state index < -0.39 is 10.7 Å². The molecule has 104 valence electrons. The fourth-order valence-corrected chi connectivity index (χ4v) is 1.80.